The quantitative estimate of drug-likeness (QED) is 0.688. The molecule has 6 nitrogen and oxygen atoms in total. The lowest BCUT2D eigenvalue weighted by molar-refractivity contribution is -0.127. The molecule has 0 aromatic carbocycles. The van der Waals surface area contributed by atoms with Crippen molar-refractivity contribution in [3.63, 3.8) is 0 Å². The van der Waals surface area contributed by atoms with Crippen molar-refractivity contribution in [3.8, 4) is 0 Å². The highest BCUT2D eigenvalue weighted by atomic mass is 16.2. The van der Waals surface area contributed by atoms with Crippen molar-refractivity contribution < 1.29 is 4.79 Å². The molecule has 0 atom stereocenters. The van der Waals surface area contributed by atoms with Gasteiger partial charge in [-0.25, -0.2) is 0 Å². The molecule has 2 saturated heterocycles. The van der Waals surface area contributed by atoms with E-state index in [1.807, 2.05) is 4.90 Å². The molecule has 0 aromatic heterocycles. The Bertz CT molecular complexity index is 266. The molecule has 0 aromatic rings. The largest absolute Gasteiger partial charge is 0.343 e. The number of amides is 1. The summed E-state index contributed by atoms with van der Waals surface area (Å²) in [5.74, 6) is 0.299. The number of carbonyl (C=O) groups excluding carboxylic acids is 1. The fraction of sp³-hybridized carbons (Fsp3) is 0.929. The van der Waals surface area contributed by atoms with E-state index in [0.717, 1.165) is 45.4 Å². The van der Waals surface area contributed by atoms with Crippen molar-refractivity contribution in [1.29, 1.82) is 0 Å². The fourth-order valence-corrected chi connectivity index (χ4v) is 2.48. The SMILES string of the molecule is CN1CCN(CCN)CC1.NCCCN1CCCC1=O. The van der Waals surface area contributed by atoms with E-state index in [-0.39, 0.29) is 0 Å². The first-order valence-corrected chi connectivity index (χ1v) is 7.76. The van der Waals surface area contributed by atoms with Gasteiger partial charge in [-0.1, -0.05) is 0 Å². The van der Waals surface area contributed by atoms with Crippen LogP contribution in [0.3, 0.4) is 0 Å². The molecule has 0 bridgehead atoms. The van der Waals surface area contributed by atoms with Gasteiger partial charge in [0.15, 0.2) is 0 Å². The summed E-state index contributed by atoms with van der Waals surface area (Å²) >= 11 is 0. The first kappa shape index (κ1) is 17.4. The molecule has 0 radical (unpaired) electrons. The smallest absolute Gasteiger partial charge is 0.222 e. The lowest BCUT2D eigenvalue weighted by Gasteiger charge is -2.31. The minimum atomic E-state index is 0.299. The number of rotatable bonds is 5. The van der Waals surface area contributed by atoms with Gasteiger partial charge in [-0.15, -0.1) is 0 Å². The first-order chi connectivity index (χ1) is 9.67. The second-order valence-electron chi connectivity index (χ2n) is 5.56. The summed E-state index contributed by atoms with van der Waals surface area (Å²) < 4.78 is 0. The molecule has 2 heterocycles. The summed E-state index contributed by atoms with van der Waals surface area (Å²) in [6, 6.07) is 0. The third kappa shape index (κ3) is 6.65. The van der Waals surface area contributed by atoms with Gasteiger partial charge in [-0.05, 0) is 26.4 Å². The topological polar surface area (TPSA) is 78.8 Å². The number of piperazine rings is 1. The maximum absolute atomic E-state index is 11.0. The number of carbonyl (C=O) groups is 1. The van der Waals surface area contributed by atoms with Crippen molar-refractivity contribution in [2.75, 3.05) is 66.0 Å². The Hall–Kier alpha value is -0.690. The van der Waals surface area contributed by atoms with Gasteiger partial charge in [0, 0.05) is 58.8 Å². The third-order valence-electron chi connectivity index (χ3n) is 3.84. The van der Waals surface area contributed by atoms with Gasteiger partial charge in [0.05, 0.1) is 0 Å². The van der Waals surface area contributed by atoms with Crippen molar-refractivity contribution >= 4 is 5.91 Å². The lowest BCUT2D eigenvalue weighted by Crippen LogP contribution is -2.45. The highest BCUT2D eigenvalue weighted by Crippen LogP contribution is 2.08. The van der Waals surface area contributed by atoms with E-state index in [0.29, 0.717) is 12.5 Å². The fourth-order valence-electron chi connectivity index (χ4n) is 2.48. The molecule has 0 unspecified atom stereocenters. The van der Waals surface area contributed by atoms with Crippen molar-refractivity contribution in [2.45, 2.75) is 19.3 Å². The van der Waals surface area contributed by atoms with Crippen LogP contribution in [0.15, 0.2) is 0 Å². The molecule has 2 aliphatic heterocycles. The number of likely N-dealkylation sites (N-methyl/N-ethyl adjacent to an activating group) is 1. The molecule has 2 fully saturated rings. The van der Waals surface area contributed by atoms with Gasteiger partial charge in [0.1, 0.15) is 0 Å². The second kappa shape index (κ2) is 10.1. The Morgan fingerprint density at radius 1 is 1.00 bits per heavy atom. The molecule has 2 rings (SSSR count). The van der Waals surface area contributed by atoms with Crippen LogP contribution in [0, 0.1) is 0 Å². The van der Waals surface area contributed by atoms with Crippen LogP contribution in [0.4, 0.5) is 0 Å². The van der Waals surface area contributed by atoms with Crippen LogP contribution in [0.5, 0.6) is 0 Å². The van der Waals surface area contributed by atoms with E-state index in [9.17, 15) is 4.79 Å². The van der Waals surface area contributed by atoms with E-state index in [4.69, 9.17) is 11.5 Å². The van der Waals surface area contributed by atoms with Gasteiger partial charge >= 0.3 is 0 Å². The van der Waals surface area contributed by atoms with E-state index in [1.165, 1.54) is 26.2 Å². The molecule has 6 heteroatoms. The van der Waals surface area contributed by atoms with Gasteiger partial charge in [0.2, 0.25) is 5.91 Å². The van der Waals surface area contributed by atoms with Gasteiger partial charge in [-0.2, -0.15) is 0 Å². The maximum atomic E-state index is 11.0. The highest BCUT2D eigenvalue weighted by molar-refractivity contribution is 5.77. The number of nitrogens with two attached hydrogens (primary N) is 2. The van der Waals surface area contributed by atoms with Crippen LogP contribution in [0.2, 0.25) is 0 Å². The van der Waals surface area contributed by atoms with Crippen molar-refractivity contribution in [1.82, 2.24) is 14.7 Å². The maximum Gasteiger partial charge on any atom is 0.222 e. The predicted molar refractivity (Wildman–Crippen MR) is 82.5 cm³/mol. The van der Waals surface area contributed by atoms with Gasteiger partial charge in [0.25, 0.3) is 0 Å². The summed E-state index contributed by atoms with van der Waals surface area (Å²) in [6.07, 6.45) is 2.71. The normalized spacial score (nSPS) is 20.9. The molecular formula is C14H31N5O. The van der Waals surface area contributed by atoms with Crippen LogP contribution in [-0.4, -0.2) is 86.6 Å². The molecule has 0 aliphatic carbocycles. The van der Waals surface area contributed by atoms with Crippen LogP contribution < -0.4 is 11.5 Å². The Morgan fingerprint density at radius 2 is 1.70 bits per heavy atom. The van der Waals surface area contributed by atoms with E-state index < -0.39 is 0 Å². The van der Waals surface area contributed by atoms with E-state index >= 15 is 0 Å². The third-order valence-corrected chi connectivity index (χ3v) is 3.84. The van der Waals surface area contributed by atoms with Crippen molar-refractivity contribution in [2.24, 2.45) is 11.5 Å². The predicted octanol–water partition coefficient (Wildman–Crippen LogP) is -0.850. The highest BCUT2D eigenvalue weighted by Gasteiger charge is 2.18. The van der Waals surface area contributed by atoms with Gasteiger partial charge in [-0.3, -0.25) is 9.69 Å². The molecule has 1 amide bonds. The Labute approximate surface area is 123 Å². The Balaban J connectivity index is 0.000000200. The molecule has 0 spiro atoms. The number of nitrogens with zero attached hydrogens (tertiary/aromatic N) is 3. The number of hydrogen-bond acceptors (Lipinski definition) is 5. The summed E-state index contributed by atoms with van der Waals surface area (Å²) in [5, 5.41) is 0. The average molecular weight is 285 g/mol. The molecule has 118 valence electrons. The lowest BCUT2D eigenvalue weighted by atomic mass is 10.3. The Morgan fingerprint density at radius 3 is 2.20 bits per heavy atom. The standard InChI is InChI=1S/C7H17N3.C7H14N2O/c1-9-4-6-10(3-2-8)7-5-9;8-4-2-6-9-5-1-3-7(9)10/h2-8H2,1H3;1-6,8H2. The number of likely N-dealkylation sites (tertiary alicyclic amines) is 1. The second-order valence-corrected chi connectivity index (χ2v) is 5.56. The monoisotopic (exact) mass is 285 g/mol. The van der Waals surface area contributed by atoms with Gasteiger partial charge < -0.3 is 21.3 Å². The summed E-state index contributed by atoms with van der Waals surface area (Å²) in [4.78, 5) is 17.6. The molecule has 2 aliphatic rings. The van der Waals surface area contributed by atoms with Crippen LogP contribution >= 0.6 is 0 Å². The Kier molecular flexibility index (Phi) is 8.77. The minimum Gasteiger partial charge on any atom is -0.343 e. The van der Waals surface area contributed by atoms with Crippen LogP contribution in [-0.2, 0) is 4.79 Å². The average Bonchev–Trinajstić information content (AvgIpc) is 2.86. The van der Waals surface area contributed by atoms with E-state index in [1.54, 1.807) is 0 Å². The summed E-state index contributed by atoms with van der Waals surface area (Å²) in [5.41, 5.74) is 10.8. The summed E-state index contributed by atoms with van der Waals surface area (Å²) in [7, 11) is 2.17. The van der Waals surface area contributed by atoms with Crippen molar-refractivity contribution in [3.05, 3.63) is 0 Å². The minimum absolute atomic E-state index is 0.299. The van der Waals surface area contributed by atoms with Crippen LogP contribution in [0.1, 0.15) is 19.3 Å². The zero-order valence-electron chi connectivity index (χ0n) is 12.9. The molecule has 0 saturated carbocycles. The zero-order chi connectivity index (χ0) is 14.8. The van der Waals surface area contributed by atoms with E-state index in [2.05, 4.69) is 16.8 Å². The molecular weight excluding hydrogens is 254 g/mol. The zero-order valence-corrected chi connectivity index (χ0v) is 12.9. The molecule has 4 N–H and O–H groups in total. The van der Waals surface area contributed by atoms with Crippen LogP contribution in [0.25, 0.3) is 0 Å². The summed E-state index contributed by atoms with van der Waals surface area (Å²) in [6.45, 7) is 9.11. The molecule has 20 heavy (non-hydrogen) atoms. The number of hydrogen-bond donors (Lipinski definition) is 2. The first-order valence-electron chi connectivity index (χ1n) is 7.76.